The predicted octanol–water partition coefficient (Wildman–Crippen LogP) is 2.37. The second-order valence-electron chi connectivity index (χ2n) is 6.67. The maximum absolute atomic E-state index is 12.1. The number of hydrogen-bond donors (Lipinski definition) is 1. The van der Waals surface area contributed by atoms with Crippen LogP contribution < -0.4 is 5.32 Å². The standard InChI is InChI=1S/C18H26N4O/c1-13-20-16-10-14(8-9-17(16)22(13)3)11-19-18(23)12-21(2)15-6-4-5-7-15/h8-10,15H,4-7,11-12H2,1-3H3,(H,19,23). The van der Waals surface area contributed by atoms with Gasteiger partial charge in [0.15, 0.2) is 0 Å². The van der Waals surface area contributed by atoms with Gasteiger partial charge in [-0.1, -0.05) is 18.9 Å². The molecule has 0 bridgehead atoms. The summed E-state index contributed by atoms with van der Waals surface area (Å²) in [4.78, 5) is 18.9. The van der Waals surface area contributed by atoms with Crippen molar-refractivity contribution >= 4 is 16.9 Å². The number of likely N-dealkylation sites (N-methyl/N-ethyl adjacent to an activating group) is 1. The van der Waals surface area contributed by atoms with Crippen LogP contribution in [0.25, 0.3) is 11.0 Å². The van der Waals surface area contributed by atoms with Gasteiger partial charge in [-0.15, -0.1) is 0 Å². The summed E-state index contributed by atoms with van der Waals surface area (Å²) in [5.41, 5.74) is 3.20. The summed E-state index contributed by atoms with van der Waals surface area (Å²) >= 11 is 0. The number of rotatable bonds is 5. The molecule has 1 fully saturated rings. The molecule has 0 radical (unpaired) electrons. The van der Waals surface area contributed by atoms with Crippen molar-refractivity contribution in [2.24, 2.45) is 7.05 Å². The smallest absolute Gasteiger partial charge is 0.234 e. The predicted molar refractivity (Wildman–Crippen MR) is 92.2 cm³/mol. The van der Waals surface area contributed by atoms with E-state index in [1.165, 1.54) is 25.7 Å². The van der Waals surface area contributed by atoms with Crippen LogP contribution in [0.2, 0.25) is 0 Å². The van der Waals surface area contributed by atoms with E-state index in [0.29, 0.717) is 19.1 Å². The van der Waals surface area contributed by atoms with Crippen LogP contribution in [0.5, 0.6) is 0 Å². The molecule has 5 nitrogen and oxygen atoms in total. The van der Waals surface area contributed by atoms with E-state index in [0.717, 1.165) is 22.4 Å². The van der Waals surface area contributed by atoms with Crippen LogP contribution in [0, 0.1) is 6.92 Å². The molecule has 1 N–H and O–H groups in total. The molecule has 2 aromatic rings. The van der Waals surface area contributed by atoms with E-state index < -0.39 is 0 Å². The maximum atomic E-state index is 12.1. The monoisotopic (exact) mass is 314 g/mol. The van der Waals surface area contributed by atoms with Gasteiger partial charge in [-0.05, 0) is 44.5 Å². The van der Waals surface area contributed by atoms with Gasteiger partial charge in [0.25, 0.3) is 0 Å². The van der Waals surface area contributed by atoms with E-state index in [1.54, 1.807) is 0 Å². The molecule has 1 aromatic heterocycles. The molecule has 1 aromatic carbocycles. The van der Waals surface area contributed by atoms with Crippen molar-refractivity contribution in [3.8, 4) is 0 Å². The fourth-order valence-electron chi connectivity index (χ4n) is 3.43. The molecule has 0 saturated heterocycles. The van der Waals surface area contributed by atoms with Crippen molar-refractivity contribution in [1.82, 2.24) is 19.8 Å². The van der Waals surface area contributed by atoms with Crippen LogP contribution in [0.1, 0.15) is 37.1 Å². The molecule has 1 amide bonds. The van der Waals surface area contributed by atoms with Crippen LogP contribution in [0.4, 0.5) is 0 Å². The Labute approximate surface area is 137 Å². The molecule has 1 aliphatic carbocycles. The summed E-state index contributed by atoms with van der Waals surface area (Å²) < 4.78 is 2.08. The molecule has 0 unspecified atom stereocenters. The Hall–Kier alpha value is -1.88. The number of nitrogens with one attached hydrogen (secondary N) is 1. The second-order valence-corrected chi connectivity index (χ2v) is 6.67. The molecule has 1 heterocycles. The van der Waals surface area contributed by atoms with Crippen molar-refractivity contribution in [2.75, 3.05) is 13.6 Å². The lowest BCUT2D eigenvalue weighted by Crippen LogP contribution is -2.39. The molecule has 3 rings (SSSR count). The Morgan fingerprint density at radius 3 is 2.87 bits per heavy atom. The topological polar surface area (TPSA) is 50.2 Å². The number of fused-ring (bicyclic) bond motifs is 1. The Kier molecular flexibility index (Phi) is 4.66. The zero-order valence-electron chi connectivity index (χ0n) is 14.3. The molecule has 0 aliphatic heterocycles. The van der Waals surface area contributed by atoms with E-state index >= 15 is 0 Å². The Bertz CT molecular complexity index is 700. The zero-order valence-corrected chi connectivity index (χ0v) is 14.3. The highest BCUT2D eigenvalue weighted by molar-refractivity contribution is 5.79. The van der Waals surface area contributed by atoms with Gasteiger partial charge in [-0.2, -0.15) is 0 Å². The first kappa shape index (κ1) is 16.0. The number of carbonyl (C=O) groups is 1. The molecule has 1 saturated carbocycles. The van der Waals surface area contributed by atoms with Gasteiger partial charge in [0.2, 0.25) is 5.91 Å². The van der Waals surface area contributed by atoms with Crippen molar-refractivity contribution in [3.05, 3.63) is 29.6 Å². The minimum absolute atomic E-state index is 0.0942. The summed E-state index contributed by atoms with van der Waals surface area (Å²) in [6, 6.07) is 6.77. The molecule has 0 atom stereocenters. The summed E-state index contributed by atoms with van der Waals surface area (Å²) in [6.45, 7) is 3.04. The number of amides is 1. The van der Waals surface area contributed by atoms with Gasteiger partial charge in [-0.25, -0.2) is 4.98 Å². The summed E-state index contributed by atoms with van der Waals surface area (Å²) in [5, 5.41) is 3.02. The number of imidazole rings is 1. The van der Waals surface area contributed by atoms with E-state index in [-0.39, 0.29) is 5.91 Å². The number of carbonyl (C=O) groups excluding carboxylic acids is 1. The fourth-order valence-corrected chi connectivity index (χ4v) is 3.43. The van der Waals surface area contributed by atoms with Gasteiger partial charge in [0.05, 0.1) is 17.6 Å². The highest BCUT2D eigenvalue weighted by Crippen LogP contribution is 2.22. The first-order chi connectivity index (χ1) is 11.0. The number of hydrogen-bond acceptors (Lipinski definition) is 3. The molecule has 124 valence electrons. The van der Waals surface area contributed by atoms with Crippen molar-refractivity contribution in [3.63, 3.8) is 0 Å². The highest BCUT2D eigenvalue weighted by atomic mass is 16.2. The summed E-state index contributed by atoms with van der Waals surface area (Å²) in [7, 11) is 4.07. The van der Waals surface area contributed by atoms with E-state index in [4.69, 9.17) is 0 Å². The van der Waals surface area contributed by atoms with Gasteiger partial charge >= 0.3 is 0 Å². The average Bonchev–Trinajstić information content (AvgIpc) is 3.15. The van der Waals surface area contributed by atoms with Crippen molar-refractivity contribution in [2.45, 2.75) is 45.2 Å². The number of benzene rings is 1. The minimum Gasteiger partial charge on any atom is -0.351 e. The number of aromatic nitrogens is 2. The van der Waals surface area contributed by atoms with Gasteiger partial charge in [0.1, 0.15) is 5.82 Å². The summed E-state index contributed by atoms with van der Waals surface area (Å²) in [5.74, 6) is 1.09. The Balaban J connectivity index is 1.56. The Morgan fingerprint density at radius 2 is 2.13 bits per heavy atom. The number of nitrogens with zero attached hydrogens (tertiary/aromatic N) is 3. The SMILES string of the molecule is Cc1nc2cc(CNC(=O)CN(C)C3CCCC3)ccc2n1C. The van der Waals surface area contributed by atoms with Crippen LogP contribution in [0.15, 0.2) is 18.2 Å². The molecule has 1 aliphatic rings. The van der Waals surface area contributed by atoms with Crippen molar-refractivity contribution < 1.29 is 4.79 Å². The molecule has 23 heavy (non-hydrogen) atoms. The first-order valence-electron chi connectivity index (χ1n) is 8.43. The van der Waals surface area contributed by atoms with E-state index in [1.807, 2.05) is 14.0 Å². The Morgan fingerprint density at radius 1 is 1.39 bits per heavy atom. The van der Waals surface area contributed by atoms with E-state index in [9.17, 15) is 4.79 Å². The third kappa shape index (κ3) is 3.55. The highest BCUT2D eigenvalue weighted by Gasteiger charge is 2.20. The normalized spacial score (nSPS) is 15.7. The second kappa shape index (κ2) is 6.71. The van der Waals surface area contributed by atoms with Gasteiger partial charge in [-0.3, -0.25) is 9.69 Å². The largest absolute Gasteiger partial charge is 0.351 e. The molecule has 0 spiro atoms. The van der Waals surface area contributed by atoms with Crippen LogP contribution >= 0.6 is 0 Å². The fraction of sp³-hybridized carbons (Fsp3) is 0.556. The lowest BCUT2D eigenvalue weighted by atomic mass is 10.2. The lowest BCUT2D eigenvalue weighted by Gasteiger charge is -2.23. The van der Waals surface area contributed by atoms with Gasteiger partial charge < -0.3 is 9.88 Å². The van der Waals surface area contributed by atoms with Crippen LogP contribution in [0.3, 0.4) is 0 Å². The average molecular weight is 314 g/mol. The number of aryl methyl sites for hydroxylation is 2. The minimum atomic E-state index is 0.0942. The van der Waals surface area contributed by atoms with Crippen LogP contribution in [-0.2, 0) is 18.4 Å². The molecular weight excluding hydrogens is 288 g/mol. The molecular formula is C18H26N4O. The van der Waals surface area contributed by atoms with Gasteiger partial charge in [0, 0.05) is 19.6 Å². The third-order valence-electron chi connectivity index (χ3n) is 5.00. The molecule has 5 heteroatoms. The quantitative estimate of drug-likeness (QED) is 0.922. The van der Waals surface area contributed by atoms with E-state index in [2.05, 4.69) is 45.0 Å². The van der Waals surface area contributed by atoms with Crippen molar-refractivity contribution in [1.29, 1.82) is 0 Å². The first-order valence-corrected chi connectivity index (χ1v) is 8.43. The van der Waals surface area contributed by atoms with Crippen LogP contribution in [-0.4, -0.2) is 40.0 Å². The maximum Gasteiger partial charge on any atom is 0.234 e. The zero-order chi connectivity index (χ0) is 16.4. The third-order valence-corrected chi connectivity index (χ3v) is 5.00. The summed E-state index contributed by atoms with van der Waals surface area (Å²) in [6.07, 6.45) is 5.03. The lowest BCUT2D eigenvalue weighted by molar-refractivity contribution is -0.122.